The Labute approximate surface area is 327 Å². The zero-order valence-corrected chi connectivity index (χ0v) is 31.8. The van der Waals surface area contributed by atoms with E-state index in [1.807, 2.05) is 11.8 Å². The Kier molecular flexibility index (Phi) is 8.39. The molecule has 0 fully saturated rings. The van der Waals surface area contributed by atoms with Crippen molar-refractivity contribution in [1.82, 2.24) is 0 Å². The van der Waals surface area contributed by atoms with Crippen molar-refractivity contribution in [3.05, 3.63) is 203 Å². The molecule has 1 heterocycles. The summed E-state index contributed by atoms with van der Waals surface area (Å²) < 4.78 is 0. The lowest BCUT2D eigenvalue weighted by atomic mass is 9.78. The second-order valence-corrected chi connectivity index (χ2v) is 16.0. The van der Waals surface area contributed by atoms with Gasteiger partial charge in [0.2, 0.25) is 0 Å². The quantitative estimate of drug-likeness (QED) is 0.136. The van der Waals surface area contributed by atoms with Crippen molar-refractivity contribution in [1.29, 1.82) is 0 Å². The molecule has 0 saturated carbocycles. The molecule has 10 rings (SSSR count). The zero-order valence-electron chi connectivity index (χ0n) is 30.1. The largest absolute Gasteiger partial charge is 0.142 e. The third kappa shape index (κ3) is 5.64. The summed E-state index contributed by atoms with van der Waals surface area (Å²) >= 11 is 7.05. The van der Waals surface area contributed by atoms with E-state index >= 15 is 0 Å². The fourth-order valence-electron chi connectivity index (χ4n) is 8.75. The van der Waals surface area contributed by atoms with Gasteiger partial charge in [-0.25, -0.2) is 0 Å². The van der Waals surface area contributed by atoms with Gasteiger partial charge in [-0.3, -0.25) is 0 Å². The van der Waals surface area contributed by atoms with Crippen LogP contribution in [0.2, 0.25) is 0 Å². The maximum atomic E-state index is 5.15. The molecule has 2 heteroatoms. The van der Waals surface area contributed by atoms with Gasteiger partial charge in [-0.1, -0.05) is 176 Å². The molecule has 54 heavy (non-hydrogen) atoms. The first-order valence-electron chi connectivity index (χ1n) is 18.8. The average molecular weight is 727 g/mol. The maximum Gasteiger partial charge on any atom is 0.0244 e. The van der Waals surface area contributed by atoms with Gasteiger partial charge in [0, 0.05) is 27.5 Å². The maximum absolute atomic E-state index is 5.15. The average Bonchev–Trinajstić information content (AvgIpc) is 3.65. The van der Waals surface area contributed by atoms with Crippen molar-refractivity contribution < 1.29 is 0 Å². The first-order valence-corrected chi connectivity index (χ1v) is 20.1. The van der Waals surface area contributed by atoms with Gasteiger partial charge in [0.05, 0.1) is 0 Å². The highest BCUT2D eigenvalue weighted by Gasteiger charge is 2.24. The van der Waals surface area contributed by atoms with E-state index in [4.69, 9.17) is 12.6 Å². The summed E-state index contributed by atoms with van der Waals surface area (Å²) in [6, 6.07) is 46.8. The van der Waals surface area contributed by atoms with Crippen molar-refractivity contribution in [3.63, 3.8) is 0 Å². The number of thioether (sulfide) groups is 1. The van der Waals surface area contributed by atoms with Gasteiger partial charge in [-0.05, 0) is 113 Å². The van der Waals surface area contributed by atoms with E-state index in [-0.39, 0.29) is 0 Å². The fraction of sp³-hybridized carbons (Fsp3) is 0.0769. The van der Waals surface area contributed by atoms with Crippen LogP contribution in [0, 0.1) is 5.92 Å². The molecule has 0 spiro atoms. The normalized spacial score (nSPS) is 17.3. The summed E-state index contributed by atoms with van der Waals surface area (Å²) in [5.41, 5.74) is 12.9. The van der Waals surface area contributed by atoms with Crippen LogP contribution in [0.25, 0.3) is 65.7 Å². The molecule has 0 nitrogen and oxygen atoms in total. The van der Waals surface area contributed by atoms with Gasteiger partial charge in [0.25, 0.3) is 0 Å². The molecule has 0 N–H and O–H groups in total. The van der Waals surface area contributed by atoms with Gasteiger partial charge in [0.15, 0.2) is 0 Å². The Morgan fingerprint density at radius 1 is 0.704 bits per heavy atom. The van der Waals surface area contributed by atoms with Crippen LogP contribution in [0.5, 0.6) is 0 Å². The Morgan fingerprint density at radius 3 is 2.17 bits per heavy atom. The minimum atomic E-state index is 0.425. The molecule has 7 aromatic carbocycles. The number of benzene rings is 7. The summed E-state index contributed by atoms with van der Waals surface area (Å²) in [5, 5.41) is 7.71. The highest BCUT2D eigenvalue weighted by atomic mass is 32.2. The van der Waals surface area contributed by atoms with Crippen LogP contribution in [-0.4, -0.2) is 0 Å². The molecule has 0 saturated heterocycles. The van der Waals surface area contributed by atoms with E-state index in [0.717, 1.165) is 17.7 Å². The van der Waals surface area contributed by atoms with Gasteiger partial charge in [-0.2, -0.15) is 0 Å². The Hall–Kier alpha value is -5.54. The predicted molar refractivity (Wildman–Crippen MR) is 237 cm³/mol. The van der Waals surface area contributed by atoms with Crippen molar-refractivity contribution in [2.75, 3.05) is 0 Å². The first-order chi connectivity index (χ1) is 26.6. The van der Waals surface area contributed by atoms with Gasteiger partial charge in [-0.15, -0.1) is 12.6 Å². The molecule has 1 atom stereocenters. The Bertz CT molecular complexity index is 2800. The van der Waals surface area contributed by atoms with Crippen LogP contribution in [0.1, 0.15) is 30.0 Å². The van der Waals surface area contributed by atoms with Crippen LogP contribution in [0.15, 0.2) is 196 Å². The minimum absolute atomic E-state index is 0.425. The topological polar surface area (TPSA) is 0 Å². The third-order valence-electron chi connectivity index (χ3n) is 11.3. The van der Waals surface area contributed by atoms with Gasteiger partial charge < -0.3 is 0 Å². The summed E-state index contributed by atoms with van der Waals surface area (Å²) in [4.78, 5) is 3.74. The van der Waals surface area contributed by atoms with Crippen LogP contribution < -0.4 is 0 Å². The molecule has 1 aliphatic heterocycles. The van der Waals surface area contributed by atoms with Crippen molar-refractivity contribution >= 4 is 67.9 Å². The smallest absolute Gasteiger partial charge is 0.0244 e. The molecule has 0 aromatic heterocycles. The summed E-state index contributed by atoms with van der Waals surface area (Å²) in [6.45, 7) is 2.16. The summed E-state index contributed by atoms with van der Waals surface area (Å²) in [5.74, 6) is 0.425. The number of hydrogen-bond acceptors (Lipinski definition) is 2. The van der Waals surface area contributed by atoms with Crippen molar-refractivity contribution in [2.45, 2.75) is 29.6 Å². The number of thiol groups is 1. The van der Waals surface area contributed by atoms with Crippen LogP contribution >= 0.6 is 24.4 Å². The zero-order chi connectivity index (χ0) is 36.2. The van der Waals surface area contributed by atoms with Crippen LogP contribution in [0.4, 0.5) is 0 Å². The van der Waals surface area contributed by atoms with E-state index in [1.54, 1.807) is 0 Å². The van der Waals surface area contributed by atoms with E-state index in [9.17, 15) is 0 Å². The number of allylic oxidation sites excluding steroid dienone is 12. The van der Waals surface area contributed by atoms with E-state index in [2.05, 4.69) is 183 Å². The van der Waals surface area contributed by atoms with E-state index in [1.165, 1.54) is 97.8 Å². The SMILES string of the molecule is C/C=C(\C=C1/Cc2ccc3ccc(-c4ccccc4)c(S)c3c2S1)c1cccc(-c2c3ccccc3c(C3=CC=C4C=CC=CC4C3)c3ccccc23)c1. The Morgan fingerprint density at radius 2 is 1.41 bits per heavy atom. The molecule has 7 aromatic rings. The minimum Gasteiger partial charge on any atom is -0.142 e. The molecule has 3 aliphatic rings. The number of hydrogen-bond donors (Lipinski definition) is 1. The Balaban J connectivity index is 1.05. The molecular weight excluding hydrogens is 689 g/mol. The number of fused-ring (bicyclic) bond motifs is 6. The lowest BCUT2D eigenvalue weighted by molar-refractivity contribution is 0.794. The van der Waals surface area contributed by atoms with E-state index < -0.39 is 0 Å². The lowest BCUT2D eigenvalue weighted by Crippen LogP contribution is -2.07. The molecule has 1 unspecified atom stereocenters. The molecular formula is C52H38S2. The summed E-state index contributed by atoms with van der Waals surface area (Å²) in [6.07, 6.45) is 20.2. The van der Waals surface area contributed by atoms with Gasteiger partial charge in [0.1, 0.15) is 0 Å². The van der Waals surface area contributed by atoms with Crippen molar-refractivity contribution in [3.8, 4) is 22.3 Å². The van der Waals surface area contributed by atoms with Crippen LogP contribution in [-0.2, 0) is 6.42 Å². The highest BCUT2D eigenvalue weighted by Crippen LogP contribution is 2.49. The third-order valence-corrected chi connectivity index (χ3v) is 13.0. The van der Waals surface area contributed by atoms with Gasteiger partial charge >= 0.3 is 0 Å². The fourth-order valence-corrected chi connectivity index (χ4v) is 10.5. The molecule has 0 bridgehead atoms. The monoisotopic (exact) mass is 726 g/mol. The molecule has 0 amide bonds. The second kappa shape index (κ2) is 13.7. The first kappa shape index (κ1) is 33.1. The predicted octanol–water partition coefficient (Wildman–Crippen LogP) is 14.9. The highest BCUT2D eigenvalue weighted by molar-refractivity contribution is 8.03. The molecule has 258 valence electrons. The second-order valence-electron chi connectivity index (χ2n) is 14.4. The molecule has 0 radical (unpaired) electrons. The standard InChI is InChI=1S/C52H38S2/c1-2-33(31-42-32-41-26-24-36-27-28-43(35-14-4-3-5-15-35)51(53)50(36)52(41)54-42)37-17-12-18-39(29-37)48-44-19-8-10-21-46(44)49(47-22-11-9-20-45(47)48)40-25-23-34-13-6-7-16-38(34)30-40/h2-29,31,38,53H,30,32H2,1H3/b33-2+,42-31+. The number of rotatable bonds is 5. The summed E-state index contributed by atoms with van der Waals surface area (Å²) in [7, 11) is 0. The van der Waals surface area contributed by atoms with E-state index in [0.29, 0.717) is 5.92 Å². The lowest BCUT2D eigenvalue weighted by Gasteiger charge is -2.25. The van der Waals surface area contributed by atoms with Crippen LogP contribution in [0.3, 0.4) is 0 Å². The molecule has 2 aliphatic carbocycles. The van der Waals surface area contributed by atoms with Crippen molar-refractivity contribution in [2.24, 2.45) is 5.92 Å².